The first-order valence-corrected chi connectivity index (χ1v) is 6.29. The van der Waals surface area contributed by atoms with Crippen molar-refractivity contribution in [2.45, 2.75) is 12.8 Å². The molecule has 6 heteroatoms. The Hall–Kier alpha value is -1.46. The Balaban J connectivity index is 2.49. The molecule has 0 amide bonds. The number of halogens is 1. The molecule has 0 bridgehead atoms. The van der Waals surface area contributed by atoms with E-state index in [1.54, 1.807) is 12.1 Å². The van der Waals surface area contributed by atoms with Gasteiger partial charge >= 0.3 is 0 Å². The van der Waals surface area contributed by atoms with Crippen molar-refractivity contribution in [1.82, 2.24) is 4.98 Å². The van der Waals surface area contributed by atoms with Crippen LogP contribution >= 0.6 is 22.9 Å². The second kappa shape index (κ2) is 4.81. The van der Waals surface area contributed by atoms with Crippen molar-refractivity contribution in [3.63, 3.8) is 0 Å². The van der Waals surface area contributed by atoms with Crippen LogP contribution in [0.2, 0.25) is 0 Å². The lowest BCUT2D eigenvalue weighted by Crippen LogP contribution is -1.90. The van der Waals surface area contributed by atoms with Gasteiger partial charge in [-0.05, 0) is 12.5 Å². The van der Waals surface area contributed by atoms with Gasteiger partial charge in [0.1, 0.15) is 5.01 Å². The Morgan fingerprint density at radius 3 is 2.88 bits per heavy atom. The summed E-state index contributed by atoms with van der Waals surface area (Å²) >= 11 is 7.13. The van der Waals surface area contributed by atoms with Gasteiger partial charge in [-0.15, -0.1) is 22.9 Å². The van der Waals surface area contributed by atoms with Crippen LogP contribution in [-0.4, -0.2) is 9.91 Å². The number of thiazole rings is 1. The van der Waals surface area contributed by atoms with Crippen LogP contribution in [0.4, 0.5) is 5.69 Å². The third kappa shape index (κ3) is 2.45. The minimum atomic E-state index is -0.404. The van der Waals surface area contributed by atoms with Gasteiger partial charge in [-0.1, -0.05) is 6.07 Å². The highest BCUT2D eigenvalue weighted by molar-refractivity contribution is 7.13. The highest BCUT2D eigenvalue weighted by Crippen LogP contribution is 2.30. The summed E-state index contributed by atoms with van der Waals surface area (Å²) < 4.78 is 0. The Labute approximate surface area is 107 Å². The standard InChI is InChI=1S/C11H9ClN2O2S/c1-7-2-3-9(14(15)16)4-10(7)11-13-8(5-12)6-17-11/h2-4,6H,5H2,1H3. The minimum absolute atomic E-state index is 0.0771. The molecule has 0 unspecified atom stereocenters. The van der Waals surface area contributed by atoms with Crippen LogP contribution < -0.4 is 0 Å². The number of non-ortho nitro benzene ring substituents is 1. The van der Waals surface area contributed by atoms with Crippen molar-refractivity contribution in [2.75, 3.05) is 0 Å². The fourth-order valence-corrected chi connectivity index (χ4v) is 2.57. The zero-order valence-corrected chi connectivity index (χ0v) is 10.6. The lowest BCUT2D eigenvalue weighted by molar-refractivity contribution is -0.384. The second-order valence-corrected chi connectivity index (χ2v) is 4.66. The summed E-state index contributed by atoms with van der Waals surface area (Å²) in [5.41, 5.74) is 2.62. The first kappa shape index (κ1) is 12.0. The van der Waals surface area contributed by atoms with Gasteiger partial charge in [0.05, 0.1) is 16.5 Å². The maximum absolute atomic E-state index is 10.7. The largest absolute Gasteiger partial charge is 0.270 e. The second-order valence-electron chi connectivity index (χ2n) is 3.53. The van der Waals surface area contributed by atoms with Gasteiger partial charge in [-0.25, -0.2) is 4.98 Å². The average Bonchev–Trinajstić information content (AvgIpc) is 2.77. The molecule has 88 valence electrons. The molecule has 1 aromatic heterocycles. The molecule has 0 spiro atoms. The van der Waals surface area contributed by atoms with Crippen LogP contribution in [-0.2, 0) is 5.88 Å². The topological polar surface area (TPSA) is 56.0 Å². The summed E-state index contributed by atoms with van der Waals surface area (Å²) in [6.07, 6.45) is 0. The number of nitro benzene ring substituents is 1. The van der Waals surface area contributed by atoms with E-state index in [9.17, 15) is 10.1 Å². The first-order chi connectivity index (χ1) is 8.11. The molecule has 0 saturated carbocycles. The number of rotatable bonds is 3. The van der Waals surface area contributed by atoms with Crippen molar-refractivity contribution < 1.29 is 4.92 Å². The normalized spacial score (nSPS) is 10.5. The van der Waals surface area contributed by atoms with E-state index in [-0.39, 0.29) is 5.69 Å². The summed E-state index contributed by atoms with van der Waals surface area (Å²) in [5, 5.41) is 13.4. The predicted molar refractivity (Wildman–Crippen MR) is 68.5 cm³/mol. The molecule has 2 aromatic rings. The van der Waals surface area contributed by atoms with Gasteiger partial charge in [0.15, 0.2) is 0 Å². The van der Waals surface area contributed by atoms with Crippen molar-refractivity contribution in [3.05, 3.63) is 45.0 Å². The Morgan fingerprint density at radius 1 is 1.53 bits per heavy atom. The summed E-state index contributed by atoms with van der Waals surface area (Å²) in [7, 11) is 0. The zero-order chi connectivity index (χ0) is 12.4. The quantitative estimate of drug-likeness (QED) is 0.484. The molecule has 0 N–H and O–H groups in total. The third-order valence-corrected chi connectivity index (χ3v) is 3.55. The van der Waals surface area contributed by atoms with Gasteiger partial charge in [0, 0.05) is 23.1 Å². The van der Waals surface area contributed by atoms with E-state index in [2.05, 4.69) is 4.98 Å². The van der Waals surface area contributed by atoms with Gasteiger partial charge in [-0.2, -0.15) is 0 Å². The Bertz CT molecular complexity index is 568. The van der Waals surface area contributed by atoms with Gasteiger partial charge in [0.2, 0.25) is 0 Å². The highest BCUT2D eigenvalue weighted by atomic mass is 35.5. The summed E-state index contributed by atoms with van der Waals surface area (Å²) in [6.45, 7) is 1.90. The van der Waals surface area contributed by atoms with E-state index >= 15 is 0 Å². The molecule has 2 rings (SSSR count). The number of nitro groups is 1. The van der Waals surface area contributed by atoms with E-state index in [1.165, 1.54) is 17.4 Å². The molecule has 0 saturated heterocycles. The van der Waals surface area contributed by atoms with E-state index in [0.717, 1.165) is 21.8 Å². The van der Waals surface area contributed by atoms with Crippen LogP contribution in [0.1, 0.15) is 11.3 Å². The number of nitrogens with zero attached hydrogens (tertiary/aromatic N) is 2. The maximum atomic E-state index is 10.7. The molecule has 1 aromatic carbocycles. The lowest BCUT2D eigenvalue weighted by atomic mass is 10.1. The monoisotopic (exact) mass is 268 g/mol. The van der Waals surface area contributed by atoms with Crippen molar-refractivity contribution >= 4 is 28.6 Å². The van der Waals surface area contributed by atoms with E-state index < -0.39 is 4.92 Å². The number of hydrogen-bond acceptors (Lipinski definition) is 4. The number of alkyl halides is 1. The Kier molecular flexibility index (Phi) is 3.40. The number of benzene rings is 1. The summed E-state index contributed by atoms with van der Waals surface area (Å²) in [6, 6.07) is 4.77. The number of hydrogen-bond donors (Lipinski definition) is 0. The number of aromatic nitrogens is 1. The molecule has 0 aliphatic heterocycles. The van der Waals surface area contributed by atoms with Gasteiger partial charge in [-0.3, -0.25) is 10.1 Å². The molecule has 0 radical (unpaired) electrons. The fraction of sp³-hybridized carbons (Fsp3) is 0.182. The molecule has 0 aliphatic rings. The molecule has 0 fully saturated rings. The molecule has 1 heterocycles. The van der Waals surface area contributed by atoms with Gasteiger partial charge in [0.25, 0.3) is 5.69 Å². The van der Waals surface area contributed by atoms with Crippen molar-refractivity contribution in [2.24, 2.45) is 0 Å². The van der Waals surface area contributed by atoms with E-state index in [1.807, 2.05) is 12.3 Å². The van der Waals surface area contributed by atoms with Crippen molar-refractivity contribution in [1.29, 1.82) is 0 Å². The van der Waals surface area contributed by atoms with Crippen LogP contribution in [0.5, 0.6) is 0 Å². The lowest BCUT2D eigenvalue weighted by Gasteiger charge is -2.01. The average molecular weight is 269 g/mol. The zero-order valence-electron chi connectivity index (χ0n) is 9.01. The molecule has 0 atom stereocenters. The van der Waals surface area contributed by atoms with Crippen LogP contribution in [0, 0.1) is 17.0 Å². The van der Waals surface area contributed by atoms with E-state index in [4.69, 9.17) is 11.6 Å². The summed E-state index contributed by atoms with van der Waals surface area (Å²) in [4.78, 5) is 14.6. The van der Waals surface area contributed by atoms with Crippen molar-refractivity contribution in [3.8, 4) is 10.6 Å². The SMILES string of the molecule is Cc1ccc([N+](=O)[O-])cc1-c1nc(CCl)cs1. The molecular formula is C11H9ClN2O2S. The minimum Gasteiger partial charge on any atom is -0.258 e. The maximum Gasteiger partial charge on any atom is 0.270 e. The molecule has 4 nitrogen and oxygen atoms in total. The Morgan fingerprint density at radius 2 is 2.29 bits per heavy atom. The molecule has 17 heavy (non-hydrogen) atoms. The van der Waals surface area contributed by atoms with Crippen LogP contribution in [0.25, 0.3) is 10.6 Å². The van der Waals surface area contributed by atoms with Crippen LogP contribution in [0.15, 0.2) is 23.6 Å². The molecular weight excluding hydrogens is 260 g/mol. The summed E-state index contributed by atoms with van der Waals surface area (Å²) in [5.74, 6) is 0.352. The highest BCUT2D eigenvalue weighted by Gasteiger charge is 2.12. The third-order valence-electron chi connectivity index (χ3n) is 2.35. The van der Waals surface area contributed by atoms with Crippen LogP contribution in [0.3, 0.4) is 0 Å². The fourth-order valence-electron chi connectivity index (χ4n) is 1.45. The number of aryl methyl sites for hydroxylation is 1. The van der Waals surface area contributed by atoms with Gasteiger partial charge < -0.3 is 0 Å². The molecule has 0 aliphatic carbocycles. The smallest absolute Gasteiger partial charge is 0.258 e. The first-order valence-electron chi connectivity index (χ1n) is 4.87. The van der Waals surface area contributed by atoms with E-state index in [0.29, 0.717) is 5.88 Å². The predicted octanol–water partition coefficient (Wildman–Crippen LogP) is 3.77.